The average molecular weight is 528 g/mol. The highest BCUT2D eigenvalue weighted by Crippen LogP contribution is 2.25. The van der Waals surface area contributed by atoms with Gasteiger partial charge in [0.05, 0.1) is 18.6 Å². The Labute approximate surface area is 208 Å². The molecule has 1 N–H and O–H groups in total. The summed E-state index contributed by atoms with van der Waals surface area (Å²) in [5, 5.41) is 3.88. The number of hydrogen-bond donors (Lipinski definition) is 1. The summed E-state index contributed by atoms with van der Waals surface area (Å²) in [4.78, 5) is 12.7. The van der Waals surface area contributed by atoms with E-state index in [1.54, 1.807) is 31.4 Å². The number of ether oxygens (including phenoxy) is 1. The molecule has 174 valence electrons. The van der Waals surface area contributed by atoms with Crippen LogP contribution < -0.4 is 10.1 Å². The lowest BCUT2D eigenvalue weighted by Crippen LogP contribution is -2.40. The van der Waals surface area contributed by atoms with E-state index in [-0.39, 0.29) is 18.0 Å². The van der Waals surface area contributed by atoms with Gasteiger partial charge in [-0.15, -0.1) is 0 Å². The summed E-state index contributed by atoms with van der Waals surface area (Å²) in [5.41, 5.74) is 1.36. The van der Waals surface area contributed by atoms with Crippen LogP contribution in [0.15, 0.2) is 71.6 Å². The molecule has 0 heterocycles. The summed E-state index contributed by atoms with van der Waals surface area (Å²) < 4.78 is 32.8. The van der Waals surface area contributed by atoms with Crippen molar-refractivity contribution in [3.05, 3.63) is 92.9 Å². The van der Waals surface area contributed by atoms with Gasteiger partial charge in [-0.05, 0) is 59.7 Å². The minimum Gasteiger partial charge on any atom is -0.497 e. The Kier molecular flexibility index (Phi) is 8.62. The highest BCUT2D eigenvalue weighted by atomic mass is 35.5. The maximum absolute atomic E-state index is 13.3. The van der Waals surface area contributed by atoms with E-state index in [2.05, 4.69) is 5.32 Å². The van der Waals surface area contributed by atoms with Gasteiger partial charge in [-0.25, -0.2) is 8.42 Å². The van der Waals surface area contributed by atoms with Gasteiger partial charge in [0, 0.05) is 28.2 Å². The molecule has 0 aliphatic carbocycles. The van der Waals surface area contributed by atoms with Crippen molar-refractivity contribution in [1.29, 1.82) is 0 Å². The second-order valence-corrected chi connectivity index (χ2v) is 10.3. The Morgan fingerprint density at radius 2 is 1.58 bits per heavy atom. The van der Waals surface area contributed by atoms with E-state index in [0.29, 0.717) is 26.4 Å². The molecule has 0 radical (unpaired) electrons. The van der Waals surface area contributed by atoms with Gasteiger partial charge in [-0.1, -0.05) is 53.0 Å². The SMILES string of the molecule is COc1ccc(CNC(=O)CN(Cc2ccc(Cl)cc2Cl)S(=O)(=O)c2ccc(Cl)cc2)cc1. The highest BCUT2D eigenvalue weighted by molar-refractivity contribution is 7.89. The third-order valence-electron chi connectivity index (χ3n) is 4.78. The van der Waals surface area contributed by atoms with Crippen LogP contribution in [0.25, 0.3) is 0 Å². The number of benzene rings is 3. The number of amides is 1. The number of rotatable bonds is 9. The molecule has 33 heavy (non-hydrogen) atoms. The topological polar surface area (TPSA) is 75.7 Å². The fourth-order valence-corrected chi connectivity index (χ4v) is 4.95. The summed E-state index contributed by atoms with van der Waals surface area (Å²) in [7, 11) is -2.46. The van der Waals surface area contributed by atoms with Gasteiger partial charge in [-0.2, -0.15) is 4.31 Å². The van der Waals surface area contributed by atoms with Crippen molar-refractivity contribution in [2.45, 2.75) is 18.0 Å². The van der Waals surface area contributed by atoms with E-state index in [1.807, 2.05) is 12.1 Å². The third kappa shape index (κ3) is 6.85. The molecule has 3 rings (SSSR count). The molecule has 1 amide bonds. The van der Waals surface area contributed by atoms with Crippen LogP contribution in [0.3, 0.4) is 0 Å². The van der Waals surface area contributed by atoms with Gasteiger partial charge >= 0.3 is 0 Å². The normalized spacial score (nSPS) is 11.4. The molecule has 3 aromatic rings. The summed E-state index contributed by atoms with van der Waals surface area (Å²) >= 11 is 18.1. The zero-order valence-corrected chi connectivity index (χ0v) is 20.7. The first kappa shape index (κ1) is 25.3. The minimum atomic E-state index is -4.02. The molecular weight excluding hydrogens is 507 g/mol. The van der Waals surface area contributed by atoms with Crippen molar-refractivity contribution >= 4 is 50.7 Å². The standard InChI is InChI=1S/C23H21Cl3N2O4S/c1-32-20-8-2-16(3-9-20)13-27-23(29)15-28(14-17-4-5-19(25)12-22(17)26)33(30,31)21-10-6-18(24)7-11-21/h2-12H,13-15H2,1H3,(H,27,29). The molecule has 0 fully saturated rings. The van der Waals surface area contributed by atoms with E-state index >= 15 is 0 Å². The van der Waals surface area contributed by atoms with Gasteiger partial charge in [0.2, 0.25) is 15.9 Å². The van der Waals surface area contributed by atoms with E-state index in [9.17, 15) is 13.2 Å². The van der Waals surface area contributed by atoms with Crippen molar-refractivity contribution < 1.29 is 17.9 Å². The van der Waals surface area contributed by atoms with Gasteiger partial charge in [0.15, 0.2) is 0 Å². The molecule has 0 spiro atoms. The number of sulfonamides is 1. The molecule has 0 unspecified atom stereocenters. The van der Waals surface area contributed by atoms with Crippen molar-refractivity contribution in [3.8, 4) is 5.75 Å². The van der Waals surface area contributed by atoms with E-state index < -0.39 is 22.5 Å². The highest BCUT2D eigenvalue weighted by Gasteiger charge is 2.27. The van der Waals surface area contributed by atoms with Crippen LogP contribution in [0.5, 0.6) is 5.75 Å². The fraction of sp³-hybridized carbons (Fsp3) is 0.174. The number of nitrogens with one attached hydrogen (secondary N) is 1. The first-order chi connectivity index (χ1) is 15.7. The van der Waals surface area contributed by atoms with Gasteiger partial charge < -0.3 is 10.1 Å². The number of carbonyl (C=O) groups excluding carboxylic acids is 1. The lowest BCUT2D eigenvalue weighted by Gasteiger charge is -2.22. The Hall–Kier alpha value is -2.29. The van der Waals surface area contributed by atoms with E-state index in [1.165, 1.54) is 30.3 Å². The second-order valence-electron chi connectivity index (χ2n) is 7.09. The molecule has 0 saturated heterocycles. The molecular formula is C23H21Cl3N2O4S. The lowest BCUT2D eigenvalue weighted by atomic mass is 10.2. The largest absolute Gasteiger partial charge is 0.497 e. The molecule has 0 aromatic heterocycles. The Morgan fingerprint density at radius 3 is 2.18 bits per heavy atom. The van der Waals surface area contributed by atoms with Gasteiger partial charge in [0.1, 0.15) is 5.75 Å². The van der Waals surface area contributed by atoms with Crippen LogP contribution in [-0.4, -0.2) is 32.3 Å². The predicted octanol–water partition coefficient (Wildman–Crippen LogP) is 5.16. The van der Waals surface area contributed by atoms with E-state index in [4.69, 9.17) is 39.5 Å². The maximum atomic E-state index is 13.3. The van der Waals surface area contributed by atoms with Crippen LogP contribution in [0.4, 0.5) is 0 Å². The average Bonchev–Trinajstić information content (AvgIpc) is 2.79. The molecule has 6 nitrogen and oxygen atoms in total. The summed E-state index contributed by atoms with van der Waals surface area (Å²) in [6.07, 6.45) is 0. The summed E-state index contributed by atoms with van der Waals surface area (Å²) in [5.74, 6) is 0.235. The first-order valence-corrected chi connectivity index (χ1v) is 12.4. The van der Waals surface area contributed by atoms with E-state index in [0.717, 1.165) is 9.87 Å². The number of carbonyl (C=O) groups is 1. The molecule has 3 aromatic carbocycles. The smallest absolute Gasteiger partial charge is 0.243 e. The third-order valence-corrected chi connectivity index (χ3v) is 7.43. The zero-order chi connectivity index (χ0) is 24.0. The first-order valence-electron chi connectivity index (χ1n) is 9.78. The Bertz CT molecular complexity index is 1220. The van der Waals surface area contributed by atoms with Gasteiger partial charge in [0.25, 0.3) is 0 Å². The molecule has 0 bridgehead atoms. The molecule has 0 aliphatic heterocycles. The number of nitrogens with zero attached hydrogens (tertiary/aromatic N) is 1. The van der Waals surface area contributed by atoms with Crippen LogP contribution in [0, 0.1) is 0 Å². The fourth-order valence-electron chi connectivity index (χ4n) is 2.98. The van der Waals surface area contributed by atoms with Crippen molar-refractivity contribution in [3.63, 3.8) is 0 Å². The second kappa shape index (κ2) is 11.2. The van der Waals surface area contributed by atoms with Crippen molar-refractivity contribution in [2.75, 3.05) is 13.7 Å². The quantitative estimate of drug-likeness (QED) is 0.417. The number of halogens is 3. The van der Waals surface area contributed by atoms with Crippen LogP contribution in [0.2, 0.25) is 15.1 Å². The molecule has 0 saturated carbocycles. The summed E-state index contributed by atoms with van der Waals surface area (Å²) in [6.45, 7) is -0.281. The Morgan fingerprint density at radius 1 is 0.939 bits per heavy atom. The lowest BCUT2D eigenvalue weighted by molar-refractivity contribution is -0.121. The minimum absolute atomic E-state index is 0.0138. The van der Waals surface area contributed by atoms with Gasteiger partial charge in [-0.3, -0.25) is 4.79 Å². The van der Waals surface area contributed by atoms with Crippen molar-refractivity contribution in [1.82, 2.24) is 9.62 Å². The van der Waals surface area contributed by atoms with Crippen LogP contribution >= 0.6 is 34.8 Å². The molecule has 0 aliphatic rings. The van der Waals surface area contributed by atoms with Crippen molar-refractivity contribution in [2.24, 2.45) is 0 Å². The Balaban J connectivity index is 1.80. The van der Waals surface area contributed by atoms with Crippen LogP contribution in [0.1, 0.15) is 11.1 Å². The zero-order valence-electron chi connectivity index (χ0n) is 17.6. The number of hydrogen-bond acceptors (Lipinski definition) is 4. The monoisotopic (exact) mass is 526 g/mol. The van der Waals surface area contributed by atoms with Crippen LogP contribution in [-0.2, 0) is 27.9 Å². The molecule has 10 heteroatoms. The number of methoxy groups -OCH3 is 1. The predicted molar refractivity (Wildman–Crippen MR) is 130 cm³/mol. The molecule has 0 atom stereocenters. The maximum Gasteiger partial charge on any atom is 0.243 e. The summed E-state index contributed by atoms with van der Waals surface area (Å²) in [6, 6.07) is 17.7.